The third kappa shape index (κ3) is 6.84. The second kappa shape index (κ2) is 10.3. The fourth-order valence-corrected chi connectivity index (χ4v) is 3.06. The van der Waals surface area contributed by atoms with E-state index in [1.807, 2.05) is 19.3 Å². The number of piperidine rings is 1. The van der Waals surface area contributed by atoms with Crippen molar-refractivity contribution in [2.24, 2.45) is 0 Å². The molecule has 134 valence electrons. The van der Waals surface area contributed by atoms with Crippen LogP contribution in [0.3, 0.4) is 0 Å². The van der Waals surface area contributed by atoms with Crippen LogP contribution in [0.15, 0.2) is 24.5 Å². The maximum Gasteiger partial charge on any atom is 0.315 e. The highest BCUT2D eigenvalue weighted by Crippen LogP contribution is 2.11. The molecule has 6 nitrogen and oxygen atoms in total. The second-order valence-electron chi connectivity index (χ2n) is 6.61. The molecule has 3 N–H and O–H groups in total. The number of likely N-dealkylation sites (tertiary alicyclic amines) is 1. The summed E-state index contributed by atoms with van der Waals surface area (Å²) >= 11 is 0. The first-order chi connectivity index (χ1) is 11.7. The Bertz CT molecular complexity index is 475. The predicted octanol–water partition coefficient (Wildman–Crippen LogP) is 1.55. The summed E-state index contributed by atoms with van der Waals surface area (Å²) in [5.41, 5.74) is 1.32. The number of carbonyl (C=O) groups excluding carboxylic acids is 1. The lowest BCUT2D eigenvalue weighted by Gasteiger charge is -2.32. The first kappa shape index (κ1) is 18.7. The Kier molecular flexibility index (Phi) is 7.98. The lowest BCUT2D eigenvalue weighted by atomic mass is 10.0. The summed E-state index contributed by atoms with van der Waals surface area (Å²) in [5, 5.41) is 14.8. The van der Waals surface area contributed by atoms with Gasteiger partial charge in [-0.3, -0.25) is 4.98 Å². The van der Waals surface area contributed by atoms with Gasteiger partial charge in [-0.15, -0.1) is 0 Å². The van der Waals surface area contributed by atoms with Crippen LogP contribution in [0.1, 0.15) is 38.2 Å². The zero-order valence-corrected chi connectivity index (χ0v) is 14.6. The zero-order chi connectivity index (χ0) is 17.2. The summed E-state index contributed by atoms with van der Waals surface area (Å²) in [6, 6.07) is 4.40. The topological polar surface area (TPSA) is 77.5 Å². The number of urea groups is 1. The fourth-order valence-electron chi connectivity index (χ4n) is 3.06. The Morgan fingerprint density at radius 3 is 2.75 bits per heavy atom. The van der Waals surface area contributed by atoms with E-state index in [2.05, 4.69) is 32.7 Å². The number of aliphatic hydroxyl groups is 1. The molecule has 1 fully saturated rings. The molecule has 24 heavy (non-hydrogen) atoms. The number of aromatic nitrogens is 1. The van der Waals surface area contributed by atoms with E-state index in [-0.39, 0.29) is 24.7 Å². The summed E-state index contributed by atoms with van der Waals surface area (Å²) < 4.78 is 0. The van der Waals surface area contributed by atoms with Crippen molar-refractivity contribution in [1.82, 2.24) is 20.5 Å². The molecule has 1 atom stereocenters. The van der Waals surface area contributed by atoms with Gasteiger partial charge >= 0.3 is 6.03 Å². The summed E-state index contributed by atoms with van der Waals surface area (Å²) in [7, 11) is 0. The van der Waals surface area contributed by atoms with Crippen LogP contribution < -0.4 is 10.6 Å². The monoisotopic (exact) mass is 334 g/mol. The zero-order valence-electron chi connectivity index (χ0n) is 14.6. The molecule has 0 bridgehead atoms. The second-order valence-corrected chi connectivity index (χ2v) is 6.61. The van der Waals surface area contributed by atoms with E-state index < -0.39 is 0 Å². The Morgan fingerprint density at radius 2 is 2.08 bits per heavy atom. The van der Waals surface area contributed by atoms with Gasteiger partial charge < -0.3 is 20.6 Å². The lowest BCUT2D eigenvalue weighted by molar-refractivity contribution is 0.192. The molecule has 2 amide bonds. The highest BCUT2D eigenvalue weighted by atomic mass is 16.3. The van der Waals surface area contributed by atoms with Crippen LogP contribution in [0, 0.1) is 0 Å². The summed E-state index contributed by atoms with van der Waals surface area (Å²) in [5.74, 6) is 0. The average molecular weight is 334 g/mol. The van der Waals surface area contributed by atoms with Crippen molar-refractivity contribution in [3.63, 3.8) is 0 Å². The number of hydrogen-bond donors (Lipinski definition) is 3. The van der Waals surface area contributed by atoms with Crippen molar-refractivity contribution < 1.29 is 9.90 Å². The van der Waals surface area contributed by atoms with Gasteiger partial charge in [-0.1, -0.05) is 0 Å². The normalized spacial score (nSPS) is 17.4. The van der Waals surface area contributed by atoms with E-state index >= 15 is 0 Å². The molecule has 1 aromatic heterocycles. The smallest absolute Gasteiger partial charge is 0.315 e. The van der Waals surface area contributed by atoms with E-state index in [0.29, 0.717) is 0 Å². The molecule has 6 heteroatoms. The average Bonchev–Trinajstić information content (AvgIpc) is 2.60. The van der Waals surface area contributed by atoms with Gasteiger partial charge in [0.1, 0.15) is 0 Å². The number of aliphatic hydroxyl groups excluding tert-OH is 1. The van der Waals surface area contributed by atoms with E-state index in [1.165, 1.54) is 5.56 Å². The molecule has 0 aliphatic carbocycles. The number of carbonyl (C=O) groups is 1. The van der Waals surface area contributed by atoms with E-state index in [1.54, 1.807) is 0 Å². The molecule has 0 aromatic carbocycles. The largest absolute Gasteiger partial charge is 0.396 e. The molecule has 2 rings (SSSR count). The molecule has 1 saturated heterocycles. The van der Waals surface area contributed by atoms with Crippen LogP contribution in [-0.2, 0) is 6.42 Å². The van der Waals surface area contributed by atoms with Gasteiger partial charge in [0.2, 0.25) is 0 Å². The Balaban J connectivity index is 1.61. The SMILES string of the molecule is CC(CCCO)NC(=O)NC1CCN(CCc2ccncc2)CC1. The van der Waals surface area contributed by atoms with Gasteiger partial charge in [-0.2, -0.15) is 0 Å². The number of nitrogens with zero attached hydrogens (tertiary/aromatic N) is 2. The van der Waals surface area contributed by atoms with Gasteiger partial charge in [-0.05, 0) is 56.7 Å². The van der Waals surface area contributed by atoms with Crippen LogP contribution in [0.2, 0.25) is 0 Å². The maximum atomic E-state index is 12.0. The number of pyridine rings is 1. The van der Waals surface area contributed by atoms with Crippen molar-refractivity contribution in [2.75, 3.05) is 26.2 Å². The third-order valence-electron chi connectivity index (χ3n) is 4.56. The first-order valence-corrected chi connectivity index (χ1v) is 8.96. The van der Waals surface area contributed by atoms with Gasteiger partial charge in [0.25, 0.3) is 0 Å². The predicted molar refractivity (Wildman–Crippen MR) is 94.9 cm³/mol. The molecular formula is C18H30N4O2. The van der Waals surface area contributed by atoms with Crippen LogP contribution in [0.25, 0.3) is 0 Å². The molecule has 1 unspecified atom stereocenters. The number of nitrogens with one attached hydrogen (secondary N) is 2. The molecule has 2 heterocycles. The first-order valence-electron chi connectivity index (χ1n) is 8.96. The van der Waals surface area contributed by atoms with Crippen molar-refractivity contribution in [2.45, 2.75) is 51.1 Å². The van der Waals surface area contributed by atoms with E-state index in [0.717, 1.165) is 51.7 Å². The van der Waals surface area contributed by atoms with Crippen molar-refractivity contribution in [1.29, 1.82) is 0 Å². The van der Waals surface area contributed by atoms with Gasteiger partial charge in [0, 0.05) is 50.7 Å². The van der Waals surface area contributed by atoms with Crippen LogP contribution in [0.4, 0.5) is 4.79 Å². The highest BCUT2D eigenvalue weighted by Gasteiger charge is 2.20. The van der Waals surface area contributed by atoms with Crippen LogP contribution in [-0.4, -0.2) is 59.3 Å². The lowest BCUT2D eigenvalue weighted by Crippen LogP contribution is -2.49. The number of rotatable bonds is 8. The minimum absolute atomic E-state index is 0.0873. The minimum Gasteiger partial charge on any atom is -0.396 e. The summed E-state index contributed by atoms with van der Waals surface area (Å²) in [6.07, 6.45) is 8.24. The number of amides is 2. The molecule has 1 aromatic rings. The van der Waals surface area contributed by atoms with E-state index in [9.17, 15) is 4.79 Å². The Labute approximate surface area is 144 Å². The van der Waals surface area contributed by atoms with Gasteiger partial charge in [0.15, 0.2) is 0 Å². The highest BCUT2D eigenvalue weighted by molar-refractivity contribution is 5.74. The quantitative estimate of drug-likeness (QED) is 0.674. The maximum absolute atomic E-state index is 12.0. The Hall–Kier alpha value is -1.66. The number of hydrogen-bond acceptors (Lipinski definition) is 4. The van der Waals surface area contributed by atoms with Crippen LogP contribution >= 0.6 is 0 Å². The van der Waals surface area contributed by atoms with Crippen LogP contribution in [0.5, 0.6) is 0 Å². The fraction of sp³-hybridized carbons (Fsp3) is 0.667. The van der Waals surface area contributed by atoms with E-state index in [4.69, 9.17) is 5.11 Å². The van der Waals surface area contributed by atoms with Crippen molar-refractivity contribution >= 4 is 6.03 Å². The molecular weight excluding hydrogens is 304 g/mol. The minimum atomic E-state index is -0.0873. The third-order valence-corrected chi connectivity index (χ3v) is 4.56. The molecule has 0 saturated carbocycles. The van der Waals surface area contributed by atoms with Crippen molar-refractivity contribution in [3.05, 3.63) is 30.1 Å². The molecule has 0 radical (unpaired) electrons. The van der Waals surface area contributed by atoms with Gasteiger partial charge in [-0.25, -0.2) is 4.79 Å². The van der Waals surface area contributed by atoms with Gasteiger partial charge in [0.05, 0.1) is 0 Å². The standard InChI is InChI=1S/C18H30N4O2/c1-15(3-2-14-23)20-18(24)21-17-7-12-22(13-8-17)11-6-16-4-9-19-10-5-16/h4-5,9-10,15,17,23H,2-3,6-8,11-14H2,1H3,(H2,20,21,24). The molecule has 1 aliphatic rings. The molecule has 1 aliphatic heterocycles. The molecule has 0 spiro atoms. The Morgan fingerprint density at radius 1 is 1.38 bits per heavy atom. The summed E-state index contributed by atoms with van der Waals surface area (Å²) in [6.45, 7) is 5.25. The summed E-state index contributed by atoms with van der Waals surface area (Å²) in [4.78, 5) is 18.5. The van der Waals surface area contributed by atoms with Crippen molar-refractivity contribution in [3.8, 4) is 0 Å².